The molecule has 0 radical (unpaired) electrons. The summed E-state index contributed by atoms with van der Waals surface area (Å²) >= 11 is 2.56. The molecule has 0 spiro atoms. The van der Waals surface area contributed by atoms with Crippen LogP contribution in [0.3, 0.4) is 0 Å². The zero-order chi connectivity index (χ0) is 103. The Hall–Kier alpha value is -14.4. The van der Waals surface area contributed by atoms with Gasteiger partial charge in [0.15, 0.2) is 0 Å². The van der Waals surface area contributed by atoms with Crippen LogP contribution < -0.4 is 42.5 Å². The molecular formula is C106H130N18O16S2. The van der Waals surface area contributed by atoms with E-state index in [1.165, 1.54) is 155 Å². The molecule has 10 rings (SSSR count). The fraction of sp³-hybridized carbons (Fsp3) is 0.396. The van der Waals surface area contributed by atoms with Crippen molar-refractivity contribution in [2.45, 2.75) is 202 Å². The number of azo groups is 1. The van der Waals surface area contributed by atoms with Crippen LogP contribution in [0.5, 0.6) is 0 Å². The maximum Gasteiger partial charge on any atom is 0.246 e. The Bertz CT molecular complexity index is 5320. The van der Waals surface area contributed by atoms with Gasteiger partial charge in [-0.25, -0.2) is 0 Å². The molecule has 8 aromatic carbocycles. The number of benzene rings is 8. The Labute approximate surface area is 838 Å². The van der Waals surface area contributed by atoms with Crippen molar-refractivity contribution in [1.82, 2.24) is 81.7 Å². The zero-order valence-corrected chi connectivity index (χ0v) is 84.7. The van der Waals surface area contributed by atoms with Crippen LogP contribution in [-0.4, -0.2) is 298 Å². The lowest BCUT2D eigenvalue weighted by atomic mass is 10.0. The lowest BCUT2D eigenvalue weighted by Gasteiger charge is -2.34. The molecule has 2 aliphatic heterocycles. The van der Waals surface area contributed by atoms with E-state index in [1.54, 1.807) is 206 Å². The number of likely N-dealkylation sites (N-methyl/N-ethyl adjacent to an activating group) is 8. The van der Waals surface area contributed by atoms with E-state index in [0.717, 1.165) is 30.7 Å². The number of carbonyl (C=O) groups is 16. The van der Waals surface area contributed by atoms with Crippen molar-refractivity contribution in [3.8, 4) is 0 Å². The number of amides is 16. The first kappa shape index (κ1) is 110. The SMILES string of the molecule is C[C@@H]1C(=O)N[C@@H](Cc2ccccc2)C(=O)N(C)[C@H](C)C(=O)N[C@@H](Cc2ccccc2)C(=O)N(C)[C@H](C)C(=O)N[C@@H](Cc2ccccc2)C(=O)N(C)[C@H](C)C(=O)N[C@@H](CSCc2ccc(N=Nc3ccc(CSC[C@@H]4NC(=O)[C@@H](C)N(C)C(=O)[C@H](Cc5ccccc5)NC(=O)[C@@H](C)N(C)C(=O)[C@H](Cc5ccccc5)NC(=O)[C@@H](C)N(C)C(=O)[C@H](Cc5ccccc5)NC(=O)[C@@H](C)N(C)C4=O)cc3)cc2)C(=O)N1C. The first-order chi connectivity index (χ1) is 67.7. The van der Waals surface area contributed by atoms with E-state index in [4.69, 9.17) is 0 Å². The van der Waals surface area contributed by atoms with Crippen LogP contribution in [0.25, 0.3) is 0 Å². The van der Waals surface area contributed by atoms with Crippen LogP contribution in [-0.2, 0) is 127 Å². The molecule has 2 aliphatic rings. The summed E-state index contributed by atoms with van der Waals surface area (Å²) in [5.74, 6) is -10.8. The largest absolute Gasteiger partial charge is 0.342 e. The number of rotatable bonds is 22. The highest BCUT2D eigenvalue weighted by Crippen LogP contribution is 2.27. The van der Waals surface area contributed by atoms with Crippen LogP contribution >= 0.6 is 23.5 Å². The molecule has 16 atom stereocenters. The Morgan fingerprint density at radius 3 is 0.493 bits per heavy atom. The van der Waals surface area contributed by atoms with Gasteiger partial charge in [0.05, 0.1) is 11.4 Å². The standard InChI is InChI=1S/C106H130N18O16S2/c1-65-91(125)107-83(55-73-35-23-17-24-36-73)99(133)117(9)67(3)93(127)109-87(59-77-43-31-21-32-44-77)103(137)121(13)71(7)97(131)113-89(105(139)123(15)69(5)95(129)111-85(101(135)119(65)11)57-75-39-27-19-28-40-75)63-141-61-79-47-51-81(52-48-79)115-116-82-53-49-80(50-54-82)62-142-64-90-106(140)124(16)70(6)96(130)112-86(58-76-41-29-20-30-42-76)102(136)120(12)66(2)92(126)108-84(56-74-37-25-18-26-38-74)100(134)118(10)68(4)94(128)110-88(60-78-45-33-22-34-46-78)104(138)122(14)72(8)98(132)114-90/h17-54,65-72,83-90H,55-64H2,1-16H3,(H,107,125)(H,108,126)(H,109,127)(H,110,128)(H,111,129)(H,112,130)(H,113,131)(H,114,132)/t65-,66-,67-,68-,69-,70-,71-,72-,83+,84+,85+,86+,87+,88+,89+,90+/m1/s1. The zero-order valence-electron chi connectivity index (χ0n) is 83.1. The highest BCUT2D eigenvalue weighted by Gasteiger charge is 2.43. The summed E-state index contributed by atoms with van der Waals surface area (Å²) in [6, 6.07) is 47.0. The third-order valence-corrected chi connectivity index (χ3v) is 28.5. The maximum absolute atomic E-state index is 15.1. The summed E-state index contributed by atoms with van der Waals surface area (Å²) in [7, 11) is 11.2. The van der Waals surface area contributed by atoms with E-state index in [1.807, 2.05) is 24.3 Å². The molecule has 0 aromatic heterocycles. The van der Waals surface area contributed by atoms with Gasteiger partial charge in [0.2, 0.25) is 94.5 Å². The van der Waals surface area contributed by atoms with Crippen LogP contribution in [0.1, 0.15) is 99.9 Å². The lowest BCUT2D eigenvalue weighted by molar-refractivity contribution is -0.146. The highest BCUT2D eigenvalue weighted by molar-refractivity contribution is 7.98. The molecule has 36 heteroatoms. The van der Waals surface area contributed by atoms with Gasteiger partial charge >= 0.3 is 0 Å². The minimum Gasteiger partial charge on any atom is -0.342 e. The Kier molecular flexibility index (Phi) is 40.3. The fourth-order valence-corrected chi connectivity index (χ4v) is 17.9. The van der Waals surface area contributed by atoms with Crippen LogP contribution in [0.2, 0.25) is 0 Å². The van der Waals surface area contributed by atoms with E-state index in [9.17, 15) is 67.1 Å². The van der Waals surface area contributed by atoms with Gasteiger partial charge < -0.3 is 81.7 Å². The molecule has 2 fully saturated rings. The average Bonchev–Trinajstić information content (AvgIpc) is 0.819. The maximum atomic E-state index is 15.1. The third kappa shape index (κ3) is 30.1. The van der Waals surface area contributed by atoms with Crippen molar-refractivity contribution >= 4 is 129 Å². The lowest BCUT2D eigenvalue weighted by Crippen LogP contribution is -2.61. The van der Waals surface area contributed by atoms with Crippen molar-refractivity contribution in [1.29, 1.82) is 0 Å². The predicted molar refractivity (Wildman–Crippen MR) is 544 cm³/mol. The Morgan fingerprint density at radius 1 is 0.197 bits per heavy atom. The average molecular weight is 1980 g/mol. The molecule has 8 aromatic rings. The molecule has 0 bridgehead atoms. The molecule has 142 heavy (non-hydrogen) atoms. The highest BCUT2D eigenvalue weighted by atomic mass is 32.2. The molecule has 2 saturated heterocycles. The van der Waals surface area contributed by atoms with Crippen LogP contribution in [0.15, 0.2) is 241 Å². The van der Waals surface area contributed by atoms with Crippen LogP contribution in [0.4, 0.5) is 11.4 Å². The predicted octanol–water partition coefficient (Wildman–Crippen LogP) is 6.71. The van der Waals surface area contributed by atoms with Gasteiger partial charge in [-0.05, 0) is 124 Å². The van der Waals surface area contributed by atoms with Crippen molar-refractivity contribution in [3.05, 3.63) is 275 Å². The molecule has 16 amide bonds. The Balaban J connectivity index is 0.847. The van der Waals surface area contributed by atoms with Crippen LogP contribution in [0, 0.1) is 0 Å². The molecular weight excluding hydrogens is 1850 g/mol. The first-order valence-electron chi connectivity index (χ1n) is 47.2. The molecule has 34 nitrogen and oxygen atoms in total. The fourth-order valence-electron chi connectivity index (χ4n) is 15.9. The normalized spacial score (nSPS) is 24.4. The van der Waals surface area contributed by atoms with Gasteiger partial charge in [0.25, 0.3) is 0 Å². The van der Waals surface area contributed by atoms with Gasteiger partial charge in [-0.15, -0.1) is 0 Å². The molecule has 752 valence electrons. The van der Waals surface area contributed by atoms with E-state index in [2.05, 4.69) is 52.8 Å². The topological polar surface area (TPSA) is 420 Å². The second-order valence-electron chi connectivity index (χ2n) is 36.2. The summed E-state index contributed by atoms with van der Waals surface area (Å²) in [6.45, 7) is 11.8. The molecule has 0 unspecified atom stereocenters. The van der Waals surface area contributed by atoms with Gasteiger partial charge in [-0.1, -0.05) is 206 Å². The number of hydrogen-bond acceptors (Lipinski definition) is 20. The summed E-state index contributed by atoms with van der Waals surface area (Å²) in [5.41, 5.74) is 6.49. The number of nitrogens with zero attached hydrogens (tertiary/aromatic N) is 10. The smallest absolute Gasteiger partial charge is 0.246 e. The van der Waals surface area contributed by atoms with Crippen molar-refractivity contribution in [2.24, 2.45) is 10.2 Å². The van der Waals surface area contributed by atoms with Gasteiger partial charge in [0.1, 0.15) is 96.7 Å². The molecule has 8 N–H and O–H groups in total. The van der Waals surface area contributed by atoms with E-state index in [0.29, 0.717) is 44.8 Å². The Morgan fingerprint density at radius 2 is 0.338 bits per heavy atom. The van der Waals surface area contributed by atoms with Crippen molar-refractivity contribution in [2.75, 3.05) is 67.9 Å². The summed E-state index contributed by atoms with van der Waals surface area (Å²) < 4.78 is 0. The molecule has 0 saturated carbocycles. The van der Waals surface area contributed by atoms with Gasteiger partial charge in [0, 0.05) is 118 Å². The van der Waals surface area contributed by atoms with Gasteiger partial charge in [-0.2, -0.15) is 33.8 Å². The second kappa shape index (κ2) is 52.2. The number of hydrogen-bond donors (Lipinski definition) is 8. The monoisotopic (exact) mass is 1970 g/mol. The van der Waals surface area contributed by atoms with E-state index in [-0.39, 0.29) is 61.5 Å². The quantitative estimate of drug-likeness (QED) is 0.0327. The summed E-state index contributed by atoms with van der Waals surface area (Å²) in [4.78, 5) is 246. The third-order valence-electron chi connectivity index (χ3n) is 26.3. The second-order valence-corrected chi connectivity index (χ2v) is 38.3. The molecule has 2 heterocycles. The number of thioether (sulfide) groups is 2. The minimum atomic E-state index is -1.34. The van der Waals surface area contributed by atoms with Crippen molar-refractivity contribution in [3.63, 3.8) is 0 Å². The summed E-state index contributed by atoms with van der Waals surface area (Å²) in [6.07, 6.45) is -0.170. The first-order valence-corrected chi connectivity index (χ1v) is 49.6. The van der Waals surface area contributed by atoms with E-state index >= 15 is 9.59 Å². The van der Waals surface area contributed by atoms with Gasteiger partial charge in [-0.3, -0.25) is 76.7 Å². The number of carbonyl (C=O) groups excluding carboxylic acids is 16. The number of nitrogens with one attached hydrogen (secondary N) is 8. The minimum absolute atomic E-state index is 0.0128. The summed E-state index contributed by atoms with van der Waals surface area (Å²) in [5, 5.41) is 31.7. The van der Waals surface area contributed by atoms with Crippen molar-refractivity contribution < 1.29 is 76.7 Å². The van der Waals surface area contributed by atoms with E-state index < -0.39 is 191 Å². The molecule has 0 aliphatic carbocycles.